The first-order chi connectivity index (χ1) is 15.9. The highest BCUT2D eigenvalue weighted by atomic mass is 32.2. The molecule has 0 amide bonds. The van der Waals surface area contributed by atoms with Gasteiger partial charge in [0.15, 0.2) is 5.65 Å². The van der Waals surface area contributed by atoms with Gasteiger partial charge in [0.2, 0.25) is 9.84 Å². The molecule has 0 saturated heterocycles. The Bertz CT molecular complexity index is 1380. The van der Waals surface area contributed by atoms with Crippen molar-refractivity contribution >= 4 is 26.7 Å². The Labute approximate surface area is 192 Å². The maximum Gasteiger partial charge on any atom is 0.250 e. The summed E-state index contributed by atoms with van der Waals surface area (Å²) in [6.07, 6.45) is 3.42. The van der Waals surface area contributed by atoms with Gasteiger partial charge < -0.3 is 14.8 Å². The molecule has 0 aliphatic heterocycles. The summed E-state index contributed by atoms with van der Waals surface area (Å²) in [6, 6.07) is 15.4. The molecule has 2 aromatic heterocycles. The number of rotatable bonds is 9. The number of nitrogens with one attached hydrogen (secondary N) is 1. The van der Waals surface area contributed by atoms with Gasteiger partial charge in [-0.1, -0.05) is 30.3 Å². The molecular weight excluding hydrogens is 442 g/mol. The predicted octanol–water partition coefficient (Wildman–Crippen LogP) is 3.10. The molecule has 0 bridgehead atoms. The van der Waals surface area contributed by atoms with E-state index in [-0.39, 0.29) is 5.16 Å². The van der Waals surface area contributed by atoms with E-state index in [1.807, 2.05) is 48.5 Å². The van der Waals surface area contributed by atoms with Crippen molar-refractivity contribution in [1.29, 1.82) is 0 Å². The second-order valence-electron chi connectivity index (χ2n) is 7.50. The average molecular weight is 468 g/mol. The van der Waals surface area contributed by atoms with Gasteiger partial charge >= 0.3 is 0 Å². The van der Waals surface area contributed by atoms with Crippen LogP contribution in [0.3, 0.4) is 0 Å². The number of para-hydroxylation sites is 1. The van der Waals surface area contributed by atoms with E-state index >= 15 is 0 Å². The van der Waals surface area contributed by atoms with E-state index in [0.29, 0.717) is 36.4 Å². The maximum absolute atomic E-state index is 12.3. The Morgan fingerprint density at radius 1 is 1.03 bits per heavy atom. The second-order valence-corrected chi connectivity index (χ2v) is 9.41. The summed E-state index contributed by atoms with van der Waals surface area (Å²) in [7, 11) is -0.393. The first kappa shape index (κ1) is 22.5. The largest absolute Gasteiger partial charge is 0.497 e. The summed E-state index contributed by atoms with van der Waals surface area (Å²) in [6.45, 7) is 0.914. The number of nitrogens with zero attached hydrogens (tertiary/aromatic N) is 4. The lowest BCUT2D eigenvalue weighted by Gasteiger charge is -2.11. The highest BCUT2D eigenvalue weighted by molar-refractivity contribution is 7.90. The molecule has 0 atom stereocenters. The fourth-order valence-corrected chi connectivity index (χ4v) is 4.00. The summed E-state index contributed by atoms with van der Waals surface area (Å²) < 4.78 is 36.9. The lowest BCUT2D eigenvalue weighted by molar-refractivity contribution is 0.410. The van der Waals surface area contributed by atoms with Gasteiger partial charge in [-0.3, -0.25) is 0 Å². The van der Waals surface area contributed by atoms with Crippen LogP contribution in [0.2, 0.25) is 0 Å². The molecule has 10 heteroatoms. The quantitative estimate of drug-likeness (QED) is 0.374. The molecule has 2 heterocycles. The number of hydrogen-bond acceptors (Lipinski definition) is 8. The third kappa shape index (κ3) is 5.06. The van der Waals surface area contributed by atoms with Crippen molar-refractivity contribution < 1.29 is 17.9 Å². The van der Waals surface area contributed by atoms with Gasteiger partial charge in [-0.05, 0) is 30.2 Å². The van der Waals surface area contributed by atoms with Crippen LogP contribution in [0.25, 0.3) is 11.0 Å². The number of fused-ring (bicyclic) bond motifs is 1. The number of ether oxygens (including phenoxy) is 2. The number of benzene rings is 2. The van der Waals surface area contributed by atoms with Crippen LogP contribution in [-0.4, -0.2) is 48.6 Å². The molecule has 0 unspecified atom stereocenters. The zero-order chi connectivity index (χ0) is 23.4. The molecule has 33 heavy (non-hydrogen) atoms. The highest BCUT2D eigenvalue weighted by Crippen LogP contribution is 2.25. The van der Waals surface area contributed by atoms with Crippen LogP contribution in [0, 0.1) is 0 Å². The Balaban J connectivity index is 1.66. The third-order valence-corrected chi connectivity index (χ3v) is 6.04. The van der Waals surface area contributed by atoms with Gasteiger partial charge in [0.1, 0.15) is 17.3 Å². The lowest BCUT2D eigenvalue weighted by atomic mass is 10.1. The summed E-state index contributed by atoms with van der Waals surface area (Å²) in [4.78, 5) is 8.59. The van der Waals surface area contributed by atoms with E-state index in [9.17, 15) is 8.42 Å². The normalized spacial score (nSPS) is 11.5. The van der Waals surface area contributed by atoms with Crippen LogP contribution in [0.1, 0.15) is 11.1 Å². The fourth-order valence-electron chi connectivity index (χ4n) is 3.49. The minimum atomic E-state index is -3.63. The first-order valence-corrected chi connectivity index (χ1v) is 12.2. The molecule has 0 fully saturated rings. The zero-order valence-electron chi connectivity index (χ0n) is 18.6. The monoisotopic (exact) mass is 467 g/mol. The van der Waals surface area contributed by atoms with Crippen LogP contribution >= 0.6 is 0 Å². The van der Waals surface area contributed by atoms with Crippen LogP contribution in [0.4, 0.5) is 5.82 Å². The third-order valence-electron chi connectivity index (χ3n) is 5.19. The Morgan fingerprint density at radius 3 is 2.61 bits per heavy atom. The predicted molar refractivity (Wildman–Crippen MR) is 125 cm³/mol. The van der Waals surface area contributed by atoms with Gasteiger partial charge in [-0.15, -0.1) is 0 Å². The van der Waals surface area contributed by atoms with E-state index in [1.165, 1.54) is 0 Å². The Morgan fingerprint density at radius 2 is 1.85 bits per heavy atom. The average Bonchev–Trinajstić information content (AvgIpc) is 3.24. The topological polar surface area (TPSA) is 108 Å². The van der Waals surface area contributed by atoms with Crippen molar-refractivity contribution in [2.75, 3.05) is 25.8 Å². The number of methoxy groups -OCH3 is 2. The van der Waals surface area contributed by atoms with Crippen molar-refractivity contribution in [1.82, 2.24) is 19.7 Å². The number of anilines is 1. The van der Waals surface area contributed by atoms with E-state index < -0.39 is 9.84 Å². The van der Waals surface area contributed by atoms with Gasteiger partial charge in [-0.25, -0.2) is 18.1 Å². The number of aromatic nitrogens is 4. The van der Waals surface area contributed by atoms with Crippen LogP contribution in [-0.2, 0) is 29.3 Å². The lowest BCUT2D eigenvalue weighted by Crippen LogP contribution is -2.11. The molecule has 0 saturated carbocycles. The standard InChI is InChI=1S/C23H25N5O4S/c1-31-18-9-6-7-16(13-18)11-12-28-22-19(15-25-28)21(26-23(27-22)33(3,29)30)24-14-17-8-4-5-10-20(17)32-2/h4-10,13,15H,11-12,14H2,1-3H3,(H,24,26,27). The minimum absolute atomic E-state index is 0.249. The first-order valence-electron chi connectivity index (χ1n) is 10.3. The SMILES string of the molecule is COc1cccc(CCn2ncc3c(NCc4ccccc4OC)nc(S(C)(=O)=O)nc32)c1. The van der Waals surface area contributed by atoms with Crippen LogP contribution in [0.15, 0.2) is 59.9 Å². The van der Waals surface area contributed by atoms with Gasteiger partial charge in [0.05, 0.1) is 25.8 Å². The van der Waals surface area contributed by atoms with Gasteiger partial charge in [0, 0.05) is 24.9 Å². The molecule has 172 valence electrons. The number of aryl methyl sites for hydroxylation is 2. The van der Waals surface area contributed by atoms with Crippen molar-refractivity contribution in [3.63, 3.8) is 0 Å². The van der Waals surface area contributed by atoms with Gasteiger partial charge in [0.25, 0.3) is 5.16 Å². The second kappa shape index (κ2) is 9.45. The van der Waals surface area contributed by atoms with Crippen LogP contribution in [0.5, 0.6) is 11.5 Å². The maximum atomic E-state index is 12.3. The fraction of sp³-hybridized carbons (Fsp3) is 0.261. The van der Waals surface area contributed by atoms with E-state index in [0.717, 1.165) is 28.9 Å². The molecule has 9 nitrogen and oxygen atoms in total. The van der Waals surface area contributed by atoms with Crippen molar-refractivity contribution in [2.45, 2.75) is 24.7 Å². The smallest absolute Gasteiger partial charge is 0.250 e. The number of hydrogen-bond donors (Lipinski definition) is 1. The van der Waals surface area contributed by atoms with Crippen molar-refractivity contribution in [2.24, 2.45) is 0 Å². The summed E-state index contributed by atoms with van der Waals surface area (Å²) in [5.74, 6) is 1.91. The minimum Gasteiger partial charge on any atom is -0.497 e. The van der Waals surface area contributed by atoms with Gasteiger partial charge in [-0.2, -0.15) is 10.1 Å². The molecule has 0 spiro atoms. The molecule has 1 N–H and O–H groups in total. The summed E-state index contributed by atoms with van der Waals surface area (Å²) in [5.41, 5.74) is 2.44. The zero-order valence-corrected chi connectivity index (χ0v) is 19.5. The molecule has 4 aromatic rings. The molecule has 0 radical (unpaired) electrons. The summed E-state index contributed by atoms with van der Waals surface area (Å²) >= 11 is 0. The van der Waals surface area contributed by atoms with Crippen molar-refractivity contribution in [3.05, 3.63) is 65.9 Å². The molecule has 0 aliphatic rings. The Hall–Kier alpha value is -3.66. The van der Waals surface area contributed by atoms with E-state index in [2.05, 4.69) is 20.4 Å². The summed E-state index contributed by atoms with van der Waals surface area (Å²) in [5, 5.41) is 8.07. The number of sulfone groups is 1. The molecule has 2 aromatic carbocycles. The molecular formula is C23H25N5O4S. The highest BCUT2D eigenvalue weighted by Gasteiger charge is 2.19. The molecule has 4 rings (SSSR count). The van der Waals surface area contributed by atoms with E-state index in [1.54, 1.807) is 25.1 Å². The van der Waals surface area contributed by atoms with Crippen LogP contribution < -0.4 is 14.8 Å². The van der Waals surface area contributed by atoms with E-state index in [4.69, 9.17) is 9.47 Å². The molecule has 0 aliphatic carbocycles. The van der Waals surface area contributed by atoms with Crippen molar-refractivity contribution in [3.8, 4) is 11.5 Å². The Kier molecular flexibility index (Phi) is 6.45.